The summed E-state index contributed by atoms with van der Waals surface area (Å²) in [6.45, 7) is 3.84. The quantitative estimate of drug-likeness (QED) is 0.868. The van der Waals surface area contributed by atoms with Gasteiger partial charge in [0.15, 0.2) is 0 Å². The molecule has 112 valence electrons. The van der Waals surface area contributed by atoms with Crippen molar-refractivity contribution in [1.82, 2.24) is 14.7 Å². The lowest BCUT2D eigenvalue weighted by Crippen LogP contribution is -2.30. The number of ether oxygens (including phenoxy) is 1. The van der Waals surface area contributed by atoms with Gasteiger partial charge in [-0.3, -0.25) is 9.48 Å². The molecule has 0 saturated heterocycles. The minimum absolute atomic E-state index is 0.00856. The van der Waals surface area contributed by atoms with Crippen LogP contribution < -0.4 is 4.74 Å². The highest BCUT2D eigenvalue weighted by Crippen LogP contribution is 2.33. The Labute approximate surface area is 125 Å². The molecule has 5 nitrogen and oxygen atoms in total. The molecule has 21 heavy (non-hydrogen) atoms. The molecule has 0 spiro atoms. The third-order valence-corrected chi connectivity index (χ3v) is 3.51. The summed E-state index contributed by atoms with van der Waals surface area (Å²) in [7, 11) is 5.14. The number of hydrogen-bond donors (Lipinski definition) is 0. The number of rotatable bonds is 4. The largest absolute Gasteiger partial charge is 0.496 e. The number of carbonyl (C=O) groups excluding carboxylic acids is 1. The average Bonchev–Trinajstić information content (AvgIpc) is 2.87. The molecule has 1 heterocycles. The monoisotopic (exact) mass is 287 g/mol. The smallest absolute Gasteiger partial charge is 0.246 e. The standard InChI is InChI=1S/C16H21N3O2/c1-11-10-17-19(12(2)16(20)18(3)4)15(11)13-8-6-7-9-14(13)21-5/h6-10,12H,1-5H3. The molecule has 0 aliphatic carbocycles. The molecule has 1 atom stereocenters. The van der Waals surface area contributed by atoms with E-state index in [1.165, 1.54) is 0 Å². The Morgan fingerprint density at radius 2 is 2.00 bits per heavy atom. The van der Waals surface area contributed by atoms with Gasteiger partial charge in [0.1, 0.15) is 11.8 Å². The lowest BCUT2D eigenvalue weighted by atomic mass is 10.1. The fourth-order valence-electron chi connectivity index (χ4n) is 2.40. The molecule has 0 aliphatic rings. The van der Waals surface area contributed by atoms with Gasteiger partial charge in [-0.1, -0.05) is 12.1 Å². The maximum Gasteiger partial charge on any atom is 0.246 e. The second kappa shape index (κ2) is 5.99. The average molecular weight is 287 g/mol. The molecule has 0 bridgehead atoms. The lowest BCUT2D eigenvalue weighted by molar-refractivity contribution is -0.131. The molecule has 5 heteroatoms. The van der Waals surface area contributed by atoms with Crippen molar-refractivity contribution in [3.8, 4) is 17.0 Å². The van der Waals surface area contributed by atoms with Crippen molar-refractivity contribution in [2.75, 3.05) is 21.2 Å². The summed E-state index contributed by atoms with van der Waals surface area (Å²) in [6, 6.07) is 7.39. The van der Waals surface area contributed by atoms with E-state index in [9.17, 15) is 4.79 Å². The molecule has 2 rings (SSSR count). The molecule has 1 unspecified atom stereocenters. The first-order chi connectivity index (χ1) is 9.97. The van der Waals surface area contributed by atoms with Gasteiger partial charge in [0.2, 0.25) is 5.91 Å². The molecule has 1 amide bonds. The molecule has 1 aromatic heterocycles. The molecule has 0 fully saturated rings. The Morgan fingerprint density at radius 1 is 1.33 bits per heavy atom. The van der Waals surface area contributed by atoms with Crippen LogP contribution in [0.1, 0.15) is 18.5 Å². The highest BCUT2D eigenvalue weighted by Gasteiger charge is 2.23. The lowest BCUT2D eigenvalue weighted by Gasteiger charge is -2.20. The zero-order valence-electron chi connectivity index (χ0n) is 13.1. The summed E-state index contributed by atoms with van der Waals surface area (Å²) in [5.41, 5.74) is 2.86. The Kier molecular flexibility index (Phi) is 4.31. The number of hydrogen-bond acceptors (Lipinski definition) is 3. The zero-order valence-corrected chi connectivity index (χ0v) is 13.1. The van der Waals surface area contributed by atoms with Crippen molar-refractivity contribution in [1.29, 1.82) is 0 Å². The molecule has 0 aliphatic heterocycles. The van der Waals surface area contributed by atoms with E-state index in [1.54, 1.807) is 37.0 Å². The number of nitrogens with zero attached hydrogens (tertiary/aromatic N) is 3. The van der Waals surface area contributed by atoms with Crippen LogP contribution in [0.3, 0.4) is 0 Å². The summed E-state index contributed by atoms with van der Waals surface area (Å²) < 4.78 is 7.19. The topological polar surface area (TPSA) is 47.4 Å². The Bertz CT molecular complexity index is 647. The van der Waals surface area contributed by atoms with Gasteiger partial charge in [0.25, 0.3) is 0 Å². The van der Waals surface area contributed by atoms with Crippen LogP contribution in [-0.4, -0.2) is 41.8 Å². The molecular formula is C16H21N3O2. The number of aryl methyl sites for hydroxylation is 1. The van der Waals surface area contributed by atoms with Crippen LogP contribution in [0, 0.1) is 6.92 Å². The van der Waals surface area contributed by atoms with E-state index in [1.807, 2.05) is 38.1 Å². The van der Waals surface area contributed by atoms with Crippen molar-refractivity contribution < 1.29 is 9.53 Å². The van der Waals surface area contributed by atoms with Crippen molar-refractivity contribution in [2.24, 2.45) is 0 Å². The third kappa shape index (κ3) is 2.77. The number of methoxy groups -OCH3 is 1. The van der Waals surface area contributed by atoms with Crippen LogP contribution in [0.15, 0.2) is 30.5 Å². The number of carbonyl (C=O) groups is 1. The maximum atomic E-state index is 12.2. The van der Waals surface area contributed by atoms with Gasteiger partial charge < -0.3 is 9.64 Å². The van der Waals surface area contributed by atoms with Crippen LogP contribution in [0.2, 0.25) is 0 Å². The van der Waals surface area contributed by atoms with E-state index >= 15 is 0 Å². The van der Waals surface area contributed by atoms with Crippen LogP contribution in [0.4, 0.5) is 0 Å². The number of aromatic nitrogens is 2. The van der Waals surface area contributed by atoms with Crippen LogP contribution in [0.5, 0.6) is 5.75 Å². The molecule has 2 aromatic rings. The van der Waals surface area contributed by atoms with Gasteiger partial charge in [-0.25, -0.2) is 0 Å². The zero-order chi connectivity index (χ0) is 15.6. The Morgan fingerprint density at radius 3 is 2.62 bits per heavy atom. The second-order valence-corrected chi connectivity index (χ2v) is 5.23. The minimum Gasteiger partial charge on any atom is -0.496 e. The molecule has 0 saturated carbocycles. The minimum atomic E-state index is -0.367. The van der Waals surface area contributed by atoms with E-state index in [0.29, 0.717) is 0 Å². The predicted molar refractivity (Wildman–Crippen MR) is 82.4 cm³/mol. The van der Waals surface area contributed by atoms with E-state index in [2.05, 4.69) is 5.10 Å². The summed E-state index contributed by atoms with van der Waals surface area (Å²) >= 11 is 0. The van der Waals surface area contributed by atoms with Gasteiger partial charge in [0.05, 0.1) is 19.0 Å². The van der Waals surface area contributed by atoms with Crippen LogP contribution in [-0.2, 0) is 4.79 Å². The Balaban J connectivity index is 2.55. The van der Waals surface area contributed by atoms with Gasteiger partial charge in [0, 0.05) is 19.7 Å². The van der Waals surface area contributed by atoms with Crippen molar-refractivity contribution >= 4 is 5.91 Å². The highest BCUT2D eigenvalue weighted by molar-refractivity contribution is 5.81. The molecule has 0 radical (unpaired) electrons. The second-order valence-electron chi connectivity index (χ2n) is 5.23. The van der Waals surface area contributed by atoms with Crippen LogP contribution >= 0.6 is 0 Å². The molecule has 0 N–H and O–H groups in total. The third-order valence-electron chi connectivity index (χ3n) is 3.51. The van der Waals surface area contributed by atoms with E-state index < -0.39 is 0 Å². The number of benzene rings is 1. The van der Waals surface area contributed by atoms with Gasteiger partial charge >= 0.3 is 0 Å². The SMILES string of the molecule is COc1ccccc1-c1c(C)cnn1C(C)C(=O)N(C)C. The molecule has 1 aromatic carbocycles. The number of likely N-dealkylation sites (N-methyl/N-ethyl adjacent to an activating group) is 1. The summed E-state index contributed by atoms with van der Waals surface area (Å²) in [5.74, 6) is 0.779. The summed E-state index contributed by atoms with van der Waals surface area (Å²) in [4.78, 5) is 13.8. The van der Waals surface area contributed by atoms with Gasteiger partial charge in [-0.05, 0) is 31.5 Å². The van der Waals surface area contributed by atoms with Crippen molar-refractivity contribution in [3.05, 3.63) is 36.0 Å². The van der Waals surface area contributed by atoms with E-state index in [-0.39, 0.29) is 11.9 Å². The summed E-state index contributed by atoms with van der Waals surface area (Å²) in [6.07, 6.45) is 1.78. The normalized spacial score (nSPS) is 12.0. The first-order valence-electron chi connectivity index (χ1n) is 6.86. The summed E-state index contributed by atoms with van der Waals surface area (Å²) in [5, 5.41) is 4.38. The first-order valence-corrected chi connectivity index (χ1v) is 6.86. The van der Waals surface area contributed by atoms with E-state index in [0.717, 1.165) is 22.6 Å². The maximum absolute atomic E-state index is 12.2. The fourth-order valence-corrected chi connectivity index (χ4v) is 2.40. The van der Waals surface area contributed by atoms with Gasteiger partial charge in [-0.15, -0.1) is 0 Å². The molecular weight excluding hydrogens is 266 g/mol. The number of amides is 1. The van der Waals surface area contributed by atoms with E-state index in [4.69, 9.17) is 4.74 Å². The van der Waals surface area contributed by atoms with Crippen molar-refractivity contribution in [2.45, 2.75) is 19.9 Å². The fraction of sp³-hybridized carbons (Fsp3) is 0.375. The van der Waals surface area contributed by atoms with Gasteiger partial charge in [-0.2, -0.15) is 5.10 Å². The predicted octanol–water partition coefficient (Wildman–Crippen LogP) is 2.52. The highest BCUT2D eigenvalue weighted by atomic mass is 16.5. The number of para-hydroxylation sites is 1. The Hall–Kier alpha value is -2.30. The van der Waals surface area contributed by atoms with Crippen molar-refractivity contribution in [3.63, 3.8) is 0 Å². The van der Waals surface area contributed by atoms with Crippen LogP contribution in [0.25, 0.3) is 11.3 Å². The first kappa shape index (κ1) is 15.1.